The molecule has 1 N–H and O–H groups in total. The van der Waals surface area contributed by atoms with Gasteiger partial charge in [0.1, 0.15) is 0 Å². The molecule has 0 atom stereocenters. The molecule has 0 spiro atoms. The molecule has 0 fully saturated rings. The van der Waals surface area contributed by atoms with Gasteiger partial charge >= 0.3 is 0 Å². The van der Waals surface area contributed by atoms with Crippen LogP contribution in [0.4, 0.5) is 0 Å². The van der Waals surface area contributed by atoms with Crippen molar-refractivity contribution >= 4 is 32.6 Å². The standard InChI is InChI=1S/C20H22BrNO/c1-15(2)14-22-20(23)7-5-3-4-6-16-8-9-18-13-19(21)11-10-17(18)12-16/h3-5,7-13,15H,6,14H2,1-2H3,(H,22,23)/b4-3+,7-5+. The molecule has 23 heavy (non-hydrogen) atoms. The van der Waals surface area contributed by atoms with Gasteiger partial charge in [-0.25, -0.2) is 0 Å². The second-order valence-electron chi connectivity index (χ2n) is 5.96. The summed E-state index contributed by atoms with van der Waals surface area (Å²) in [6.07, 6.45) is 8.18. The fourth-order valence-corrected chi connectivity index (χ4v) is 2.56. The van der Waals surface area contributed by atoms with E-state index in [9.17, 15) is 4.79 Å². The zero-order valence-corrected chi connectivity index (χ0v) is 15.1. The van der Waals surface area contributed by atoms with Crippen molar-refractivity contribution in [2.24, 2.45) is 5.92 Å². The van der Waals surface area contributed by atoms with Crippen molar-refractivity contribution in [2.75, 3.05) is 6.54 Å². The maximum Gasteiger partial charge on any atom is 0.243 e. The number of carbonyl (C=O) groups excluding carboxylic acids is 1. The lowest BCUT2D eigenvalue weighted by molar-refractivity contribution is -0.116. The fourth-order valence-electron chi connectivity index (χ4n) is 2.18. The molecule has 120 valence electrons. The Balaban J connectivity index is 1.88. The molecule has 0 aliphatic heterocycles. The lowest BCUT2D eigenvalue weighted by atomic mass is 10.1. The van der Waals surface area contributed by atoms with Gasteiger partial charge in [-0.1, -0.05) is 72.3 Å². The van der Waals surface area contributed by atoms with E-state index in [1.54, 1.807) is 12.2 Å². The second kappa shape index (κ2) is 8.68. The van der Waals surface area contributed by atoms with E-state index in [1.807, 2.05) is 6.08 Å². The molecule has 0 bridgehead atoms. The lowest BCUT2D eigenvalue weighted by Crippen LogP contribution is -2.25. The summed E-state index contributed by atoms with van der Waals surface area (Å²) in [7, 11) is 0. The van der Waals surface area contributed by atoms with Gasteiger partial charge in [-0.15, -0.1) is 0 Å². The third kappa shape index (κ3) is 6.03. The van der Waals surface area contributed by atoms with E-state index in [-0.39, 0.29) is 5.91 Å². The highest BCUT2D eigenvalue weighted by atomic mass is 79.9. The number of fused-ring (bicyclic) bond motifs is 1. The predicted molar refractivity (Wildman–Crippen MR) is 101 cm³/mol. The topological polar surface area (TPSA) is 29.1 Å². The number of carbonyl (C=O) groups is 1. The molecule has 0 aliphatic rings. The third-order valence-corrected chi connectivity index (χ3v) is 3.89. The molecular weight excluding hydrogens is 350 g/mol. The SMILES string of the molecule is CC(C)CNC(=O)/C=C/C=C/Cc1ccc2cc(Br)ccc2c1. The summed E-state index contributed by atoms with van der Waals surface area (Å²) < 4.78 is 1.10. The van der Waals surface area contributed by atoms with Crippen molar-refractivity contribution in [1.29, 1.82) is 0 Å². The quantitative estimate of drug-likeness (QED) is 0.559. The van der Waals surface area contributed by atoms with Gasteiger partial charge in [-0.3, -0.25) is 4.79 Å². The Morgan fingerprint density at radius 1 is 1.13 bits per heavy atom. The minimum Gasteiger partial charge on any atom is -0.352 e. The van der Waals surface area contributed by atoms with E-state index in [1.165, 1.54) is 16.3 Å². The normalized spacial score (nSPS) is 11.8. The zero-order chi connectivity index (χ0) is 16.7. The first-order valence-electron chi connectivity index (χ1n) is 7.84. The maximum absolute atomic E-state index is 11.5. The van der Waals surface area contributed by atoms with Gasteiger partial charge < -0.3 is 5.32 Å². The van der Waals surface area contributed by atoms with Crippen LogP contribution < -0.4 is 5.32 Å². The van der Waals surface area contributed by atoms with Crippen LogP contribution in [-0.4, -0.2) is 12.5 Å². The van der Waals surface area contributed by atoms with Gasteiger partial charge in [0.2, 0.25) is 5.91 Å². The largest absolute Gasteiger partial charge is 0.352 e. The van der Waals surface area contributed by atoms with Gasteiger partial charge in [0, 0.05) is 17.1 Å². The first-order chi connectivity index (χ1) is 11.0. The molecule has 0 radical (unpaired) electrons. The third-order valence-electron chi connectivity index (χ3n) is 3.40. The molecule has 1 amide bonds. The molecule has 2 aromatic rings. The Labute approximate surface area is 146 Å². The molecule has 2 aromatic carbocycles. The van der Waals surface area contributed by atoms with Gasteiger partial charge in [0.05, 0.1) is 0 Å². The number of allylic oxidation sites excluding steroid dienone is 3. The number of nitrogens with one attached hydrogen (secondary N) is 1. The maximum atomic E-state index is 11.5. The summed E-state index contributed by atoms with van der Waals surface area (Å²) in [5.74, 6) is 0.427. The molecule has 0 heterocycles. The predicted octanol–water partition coefficient (Wildman–Crippen LogP) is 5.03. The monoisotopic (exact) mass is 371 g/mol. The highest BCUT2D eigenvalue weighted by molar-refractivity contribution is 9.10. The van der Waals surface area contributed by atoms with E-state index < -0.39 is 0 Å². The Morgan fingerprint density at radius 2 is 1.87 bits per heavy atom. The molecule has 0 saturated carbocycles. The summed E-state index contributed by atoms with van der Waals surface area (Å²) in [5.41, 5.74) is 1.26. The molecule has 0 aliphatic carbocycles. The summed E-state index contributed by atoms with van der Waals surface area (Å²) in [6.45, 7) is 4.86. The van der Waals surface area contributed by atoms with Gasteiger partial charge in [-0.2, -0.15) is 0 Å². The van der Waals surface area contributed by atoms with Crippen molar-refractivity contribution in [2.45, 2.75) is 20.3 Å². The van der Waals surface area contributed by atoms with E-state index in [0.29, 0.717) is 12.5 Å². The van der Waals surface area contributed by atoms with E-state index in [4.69, 9.17) is 0 Å². The van der Waals surface area contributed by atoms with Crippen LogP contribution in [0.25, 0.3) is 10.8 Å². The van der Waals surface area contributed by atoms with E-state index >= 15 is 0 Å². The number of benzene rings is 2. The van der Waals surface area contributed by atoms with Gasteiger partial charge in [-0.05, 0) is 40.8 Å². The fraction of sp³-hybridized carbons (Fsp3) is 0.250. The Bertz CT molecular complexity index is 731. The van der Waals surface area contributed by atoms with Crippen molar-refractivity contribution in [3.63, 3.8) is 0 Å². The smallest absolute Gasteiger partial charge is 0.243 e. The highest BCUT2D eigenvalue weighted by Crippen LogP contribution is 2.21. The summed E-state index contributed by atoms with van der Waals surface area (Å²) >= 11 is 3.49. The van der Waals surface area contributed by atoms with Crippen molar-refractivity contribution < 1.29 is 4.79 Å². The second-order valence-corrected chi connectivity index (χ2v) is 6.87. The summed E-state index contributed by atoms with van der Waals surface area (Å²) in [6, 6.07) is 12.8. The molecule has 0 saturated heterocycles. The van der Waals surface area contributed by atoms with Gasteiger partial charge in [0.25, 0.3) is 0 Å². The number of hydrogen-bond acceptors (Lipinski definition) is 1. The van der Waals surface area contributed by atoms with Crippen LogP contribution in [-0.2, 0) is 11.2 Å². The first-order valence-corrected chi connectivity index (χ1v) is 8.63. The zero-order valence-electron chi connectivity index (χ0n) is 13.6. The van der Waals surface area contributed by atoms with Crippen LogP contribution in [0.5, 0.6) is 0 Å². The van der Waals surface area contributed by atoms with Crippen molar-refractivity contribution in [1.82, 2.24) is 5.32 Å². The molecule has 2 nitrogen and oxygen atoms in total. The number of rotatable bonds is 6. The van der Waals surface area contributed by atoms with Crippen LogP contribution >= 0.6 is 15.9 Å². The number of amides is 1. The van der Waals surface area contributed by atoms with Crippen LogP contribution in [0.2, 0.25) is 0 Å². The first kappa shape index (κ1) is 17.5. The molecule has 2 rings (SSSR count). The van der Waals surface area contributed by atoms with Gasteiger partial charge in [0.15, 0.2) is 0 Å². The minimum atomic E-state index is -0.0420. The molecule has 0 aromatic heterocycles. The Hall–Kier alpha value is -1.87. The Kier molecular flexibility index (Phi) is 6.60. The van der Waals surface area contributed by atoms with Crippen LogP contribution in [0, 0.1) is 5.92 Å². The van der Waals surface area contributed by atoms with E-state index in [0.717, 1.165) is 10.9 Å². The molecule has 3 heteroatoms. The van der Waals surface area contributed by atoms with E-state index in [2.05, 4.69) is 77.6 Å². The summed E-state index contributed by atoms with van der Waals surface area (Å²) in [5, 5.41) is 5.32. The average Bonchev–Trinajstić information content (AvgIpc) is 2.52. The van der Waals surface area contributed by atoms with Crippen molar-refractivity contribution in [3.8, 4) is 0 Å². The van der Waals surface area contributed by atoms with Crippen LogP contribution in [0.3, 0.4) is 0 Å². The van der Waals surface area contributed by atoms with Crippen LogP contribution in [0.1, 0.15) is 19.4 Å². The highest BCUT2D eigenvalue weighted by Gasteiger charge is 1.97. The molecular formula is C20H22BrNO. The number of halogens is 1. The number of hydrogen-bond donors (Lipinski definition) is 1. The average molecular weight is 372 g/mol. The Morgan fingerprint density at radius 3 is 2.65 bits per heavy atom. The minimum absolute atomic E-state index is 0.0420. The van der Waals surface area contributed by atoms with Crippen LogP contribution in [0.15, 0.2) is 65.2 Å². The van der Waals surface area contributed by atoms with Crippen molar-refractivity contribution in [3.05, 3.63) is 70.7 Å². The lowest BCUT2D eigenvalue weighted by Gasteiger charge is -2.03. The summed E-state index contributed by atoms with van der Waals surface area (Å²) in [4.78, 5) is 11.5. The molecule has 0 unspecified atom stereocenters.